The van der Waals surface area contributed by atoms with Gasteiger partial charge in [0.05, 0.1) is 37.1 Å². The number of fused-ring (bicyclic) bond motifs is 1. The molecule has 7 nitrogen and oxygen atoms in total. The second-order valence-electron chi connectivity index (χ2n) is 6.27. The second kappa shape index (κ2) is 7.47. The summed E-state index contributed by atoms with van der Waals surface area (Å²) in [4.78, 5) is 12.9. The molecule has 0 spiro atoms. The largest absolute Gasteiger partial charge is 0.493 e. The number of carbonyl (C=O) groups excluding carboxylic acids is 1. The first-order valence-corrected chi connectivity index (χ1v) is 10.1. The van der Waals surface area contributed by atoms with Gasteiger partial charge in [0.1, 0.15) is 5.82 Å². The Labute approximate surface area is 164 Å². The van der Waals surface area contributed by atoms with Gasteiger partial charge in [-0.05, 0) is 30.3 Å². The molecule has 28 heavy (non-hydrogen) atoms. The second-order valence-corrected chi connectivity index (χ2v) is 7.73. The molecule has 0 unspecified atom stereocenters. The smallest absolute Gasteiger partial charge is 0.256 e. The zero-order valence-electron chi connectivity index (χ0n) is 15.5. The molecule has 0 fully saturated rings. The van der Waals surface area contributed by atoms with Crippen molar-refractivity contribution in [3.05, 3.63) is 65.4 Å². The number of methoxy groups -OCH3 is 2. The van der Waals surface area contributed by atoms with E-state index in [1.807, 2.05) is 30.3 Å². The maximum absolute atomic E-state index is 12.9. The molecule has 1 amide bonds. The number of nitrogens with zero attached hydrogens (tertiary/aromatic N) is 2. The summed E-state index contributed by atoms with van der Waals surface area (Å²) in [6, 6.07) is 14.5. The summed E-state index contributed by atoms with van der Waals surface area (Å²) < 4.78 is 24.2. The number of anilines is 1. The first-order chi connectivity index (χ1) is 13.6. The van der Waals surface area contributed by atoms with Crippen molar-refractivity contribution in [3.8, 4) is 17.2 Å². The zero-order valence-corrected chi connectivity index (χ0v) is 16.3. The van der Waals surface area contributed by atoms with E-state index in [1.54, 1.807) is 30.0 Å². The van der Waals surface area contributed by atoms with Crippen molar-refractivity contribution in [3.63, 3.8) is 0 Å². The Hall–Kier alpha value is -3.13. The Morgan fingerprint density at radius 1 is 1.07 bits per heavy atom. The molecular formula is C20H19N3O4S. The standard InChI is InChI=1S/C20H19N3O4S/c1-26-17-9-8-13(10-18(17)27-2)20(24)21-19-15-11-28(25)12-16(15)22-23(19)14-6-4-3-5-7-14/h3-10H,11-12H2,1-2H3,(H,21,24)/t28-/m0/s1. The van der Waals surface area contributed by atoms with Gasteiger partial charge in [-0.15, -0.1) is 0 Å². The van der Waals surface area contributed by atoms with Crippen molar-refractivity contribution in [1.29, 1.82) is 0 Å². The normalized spacial score (nSPS) is 15.1. The lowest BCUT2D eigenvalue weighted by Gasteiger charge is -2.12. The topological polar surface area (TPSA) is 82.5 Å². The highest BCUT2D eigenvalue weighted by Crippen LogP contribution is 2.32. The number of nitrogens with one attached hydrogen (secondary N) is 1. The zero-order chi connectivity index (χ0) is 19.7. The lowest BCUT2D eigenvalue weighted by atomic mass is 10.2. The van der Waals surface area contributed by atoms with Gasteiger partial charge in [-0.1, -0.05) is 18.2 Å². The number of ether oxygens (including phenoxy) is 2. The average Bonchev–Trinajstić information content (AvgIpc) is 3.24. The molecule has 8 heteroatoms. The van der Waals surface area contributed by atoms with E-state index in [4.69, 9.17) is 9.47 Å². The minimum absolute atomic E-state index is 0.307. The van der Waals surface area contributed by atoms with Crippen LogP contribution in [0.15, 0.2) is 48.5 Å². The lowest BCUT2D eigenvalue weighted by Crippen LogP contribution is -2.16. The van der Waals surface area contributed by atoms with Gasteiger partial charge in [-0.2, -0.15) is 5.10 Å². The third-order valence-electron chi connectivity index (χ3n) is 4.55. The summed E-state index contributed by atoms with van der Waals surface area (Å²) in [5.74, 6) is 2.03. The van der Waals surface area contributed by atoms with Crippen LogP contribution in [-0.4, -0.2) is 34.1 Å². The fourth-order valence-electron chi connectivity index (χ4n) is 3.17. The molecule has 1 aromatic heterocycles. The van der Waals surface area contributed by atoms with Crippen molar-refractivity contribution in [2.24, 2.45) is 0 Å². The van der Waals surface area contributed by atoms with Crippen molar-refractivity contribution in [1.82, 2.24) is 9.78 Å². The highest BCUT2D eigenvalue weighted by Gasteiger charge is 2.28. The lowest BCUT2D eigenvalue weighted by molar-refractivity contribution is 0.102. The molecule has 4 rings (SSSR count). The van der Waals surface area contributed by atoms with Crippen LogP contribution in [0, 0.1) is 0 Å². The number of hydrogen-bond donors (Lipinski definition) is 1. The first-order valence-electron chi connectivity index (χ1n) is 8.65. The van der Waals surface area contributed by atoms with Crippen LogP contribution in [0.3, 0.4) is 0 Å². The fourth-order valence-corrected chi connectivity index (χ4v) is 4.43. The van der Waals surface area contributed by atoms with Crippen LogP contribution in [0.1, 0.15) is 21.6 Å². The number of para-hydroxylation sites is 1. The van der Waals surface area contributed by atoms with Gasteiger partial charge in [0, 0.05) is 21.9 Å². The Balaban J connectivity index is 1.71. The quantitative estimate of drug-likeness (QED) is 0.716. The van der Waals surface area contributed by atoms with Gasteiger partial charge in [-0.3, -0.25) is 9.00 Å². The van der Waals surface area contributed by atoms with E-state index >= 15 is 0 Å². The molecule has 3 aromatic rings. The fraction of sp³-hybridized carbons (Fsp3) is 0.200. The average molecular weight is 397 g/mol. The van der Waals surface area contributed by atoms with Crippen LogP contribution < -0.4 is 14.8 Å². The third kappa shape index (κ3) is 3.27. The molecule has 2 heterocycles. The third-order valence-corrected chi connectivity index (χ3v) is 5.75. The van der Waals surface area contributed by atoms with Crippen molar-refractivity contribution in [2.45, 2.75) is 11.5 Å². The van der Waals surface area contributed by atoms with Crippen LogP contribution in [-0.2, 0) is 22.3 Å². The molecule has 0 radical (unpaired) electrons. The minimum atomic E-state index is -0.996. The van der Waals surface area contributed by atoms with E-state index in [2.05, 4.69) is 10.4 Å². The van der Waals surface area contributed by atoms with Crippen LogP contribution in [0.25, 0.3) is 5.69 Å². The summed E-state index contributed by atoms with van der Waals surface area (Å²) in [7, 11) is 2.07. The molecule has 1 aliphatic heterocycles. The van der Waals surface area contributed by atoms with Gasteiger partial charge in [-0.25, -0.2) is 4.68 Å². The molecule has 0 aliphatic carbocycles. The van der Waals surface area contributed by atoms with Gasteiger partial charge < -0.3 is 14.8 Å². The molecule has 2 aromatic carbocycles. The summed E-state index contributed by atoms with van der Waals surface area (Å²) in [6.45, 7) is 0. The molecule has 0 saturated heterocycles. The predicted molar refractivity (Wildman–Crippen MR) is 107 cm³/mol. The number of aromatic nitrogens is 2. The highest BCUT2D eigenvalue weighted by molar-refractivity contribution is 7.83. The van der Waals surface area contributed by atoms with Crippen LogP contribution in [0.5, 0.6) is 11.5 Å². The number of hydrogen-bond acceptors (Lipinski definition) is 5. The molecule has 144 valence electrons. The number of rotatable bonds is 5. The van der Waals surface area contributed by atoms with Gasteiger partial charge in [0.25, 0.3) is 5.91 Å². The van der Waals surface area contributed by atoms with Gasteiger partial charge in [0.2, 0.25) is 0 Å². The molecule has 0 bridgehead atoms. The SMILES string of the molecule is COc1ccc(C(=O)Nc2c3c(nn2-c2ccccc2)C[S@@](=O)C3)cc1OC. The van der Waals surface area contributed by atoms with Crippen LogP contribution in [0.2, 0.25) is 0 Å². The van der Waals surface area contributed by atoms with Crippen molar-refractivity contribution >= 4 is 22.5 Å². The summed E-state index contributed by atoms with van der Waals surface area (Å²) >= 11 is 0. The van der Waals surface area contributed by atoms with E-state index in [1.165, 1.54) is 7.11 Å². The van der Waals surface area contributed by atoms with Gasteiger partial charge in [0.15, 0.2) is 11.5 Å². The molecule has 1 atom stereocenters. The van der Waals surface area contributed by atoms with Gasteiger partial charge >= 0.3 is 0 Å². The van der Waals surface area contributed by atoms with E-state index in [0.29, 0.717) is 34.4 Å². The van der Waals surface area contributed by atoms with Crippen molar-refractivity contribution < 1.29 is 18.5 Å². The Bertz CT molecular complexity index is 1060. The van der Waals surface area contributed by atoms with Crippen LogP contribution in [0.4, 0.5) is 5.82 Å². The Morgan fingerprint density at radius 3 is 2.54 bits per heavy atom. The van der Waals surface area contributed by atoms with Crippen LogP contribution >= 0.6 is 0 Å². The summed E-state index contributed by atoms with van der Waals surface area (Å²) in [6.07, 6.45) is 0. The van der Waals surface area contributed by atoms with E-state index in [9.17, 15) is 9.00 Å². The maximum Gasteiger partial charge on any atom is 0.256 e. The predicted octanol–water partition coefficient (Wildman–Crippen LogP) is 2.90. The number of benzene rings is 2. The Kier molecular flexibility index (Phi) is 4.87. The van der Waals surface area contributed by atoms with E-state index < -0.39 is 10.8 Å². The van der Waals surface area contributed by atoms with E-state index in [-0.39, 0.29) is 5.91 Å². The van der Waals surface area contributed by atoms with E-state index in [0.717, 1.165) is 16.9 Å². The molecule has 0 saturated carbocycles. The first kappa shape index (κ1) is 18.2. The van der Waals surface area contributed by atoms with Crippen molar-refractivity contribution in [2.75, 3.05) is 19.5 Å². The molecule has 1 aliphatic rings. The summed E-state index contributed by atoms with van der Waals surface area (Å²) in [5, 5.41) is 7.53. The summed E-state index contributed by atoms with van der Waals surface area (Å²) in [5.41, 5.74) is 2.82. The molecular weight excluding hydrogens is 378 g/mol. The number of carbonyl (C=O) groups is 1. The maximum atomic E-state index is 12.9. The molecule has 1 N–H and O–H groups in total. The monoisotopic (exact) mass is 397 g/mol. The number of amides is 1. The minimum Gasteiger partial charge on any atom is -0.493 e. The Morgan fingerprint density at radius 2 is 1.82 bits per heavy atom. The highest BCUT2D eigenvalue weighted by atomic mass is 32.2.